The van der Waals surface area contributed by atoms with Gasteiger partial charge in [-0.3, -0.25) is 9.59 Å². The first kappa shape index (κ1) is 29.6. The van der Waals surface area contributed by atoms with Crippen molar-refractivity contribution in [3.63, 3.8) is 0 Å². The largest absolute Gasteiger partial charge is 0.481 e. The highest BCUT2D eigenvalue weighted by molar-refractivity contribution is 7.91. The van der Waals surface area contributed by atoms with Crippen LogP contribution in [0.3, 0.4) is 0 Å². The van der Waals surface area contributed by atoms with Crippen molar-refractivity contribution >= 4 is 44.9 Å². The number of aliphatic carboxylic acids is 1. The second-order valence-corrected chi connectivity index (χ2v) is 14.5. The Morgan fingerprint density at radius 3 is 2.29 bits per heavy atom. The molecule has 3 aromatic rings. The minimum Gasteiger partial charge on any atom is -0.481 e. The molecule has 0 aromatic heterocycles. The van der Waals surface area contributed by atoms with Crippen molar-refractivity contribution < 1.29 is 23.1 Å². The van der Waals surface area contributed by atoms with Gasteiger partial charge >= 0.3 is 5.97 Å². The first-order valence-corrected chi connectivity index (χ1v) is 16.1. The molecule has 2 aliphatic rings. The third-order valence-corrected chi connectivity index (χ3v) is 10.9. The van der Waals surface area contributed by atoms with Crippen LogP contribution in [0.15, 0.2) is 77.7 Å². The van der Waals surface area contributed by atoms with E-state index in [1.807, 2.05) is 30.3 Å². The third kappa shape index (κ3) is 6.18. The standard InChI is InChI=1S/C32H33Cl2NO5S/c1-20-6-3-4-9-28(20)41(39,40)19-27(21-10-11-21)35-30(22-12-14-24(33)15-13-22)26(23-7-5-8-25(34)16-23)17-32(2,31(35)38)18-29(36)37/h3-9,12-16,21,26-27,30H,10-11,17-19H2,1-2H3,(H,36,37). The number of piperidine rings is 1. The molecule has 1 saturated carbocycles. The lowest BCUT2D eigenvalue weighted by atomic mass is 9.67. The fraction of sp³-hybridized carbons (Fsp3) is 0.375. The lowest BCUT2D eigenvalue weighted by Gasteiger charge is -2.52. The number of amides is 1. The Kier molecular flexibility index (Phi) is 8.25. The summed E-state index contributed by atoms with van der Waals surface area (Å²) in [7, 11) is -3.78. The Morgan fingerprint density at radius 1 is 1.00 bits per heavy atom. The summed E-state index contributed by atoms with van der Waals surface area (Å²) in [5, 5.41) is 10.9. The van der Waals surface area contributed by atoms with E-state index in [1.165, 1.54) is 0 Å². The molecule has 0 spiro atoms. The average Bonchev–Trinajstić information content (AvgIpc) is 3.75. The highest BCUT2D eigenvalue weighted by Crippen LogP contribution is 2.54. The maximum Gasteiger partial charge on any atom is 0.304 e. The fourth-order valence-electron chi connectivity index (χ4n) is 6.39. The number of carbonyl (C=O) groups is 2. The minimum absolute atomic E-state index is 0.0141. The van der Waals surface area contributed by atoms with Gasteiger partial charge in [-0.15, -0.1) is 0 Å². The van der Waals surface area contributed by atoms with Crippen LogP contribution < -0.4 is 0 Å². The monoisotopic (exact) mass is 613 g/mol. The molecule has 9 heteroatoms. The number of carboxylic acids is 1. The predicted octanol–water partition coefficient (Wildman–Crippen LogP) is 7.09. The van der Waals surface area contributed by atoms with E-state index in [4.69, 9.17) is 23.2 Å². The molecule has 1 aliphatic carbocycles. The molecule has 3 aromatic carbocycles. The van der Waals surface area contributed by atoms with Gasteiger partial charge in [-0.1, -0.05) is 72.6 Å². The molecule has 2 fully saturated rings. The van der Waals surface area contributed by atoms with Crippen LogP contribution in [-0.2, 0) is 19.4 Å². The number of carboxylic acid groups (broad SMARTS) is 1. The molecular formula is C32H33Cl2NO5S. The number of hydrogen-bond acceptors (Lipinski definition) is 4. The predicted molar refractivity (Wildman–Crippen MR) is 160 cm³/mol. The summed E-state index contributed by atoms with van der Waals surface area (Å²) in [5.41, 5.74) is 1.07. The third-order valence-electron chi connectivity index (χ3n) is 8.47. The van der Waals surface area contributed by atoms with Crippen molar-refractivity contribution in [2.24, 2.45) is 11.3 Å². The number of sulfone groups is 1. The summed E-state index contributed by atoms with van der Waals surface area (Å²) in [4.78, 5) is 28.6. The molecule has 1 heterocycles. The lowest BCUT2D eigenvalue weighted by molar-refractivity contribution is -0.160. The van der Waals surface area contributed by atoms with Gasteiger partial charge in [0.2, 0.25) is 5.91 Å². The zero-order valence-corrected chi connectivity index (χ0v) is 25.3. The normalized spacial score (nSPS) is 23.8. The van der Waals surface area contributed by atoms with Crippen molar-refractivity contribution in [1.82, 2.24) is 4.90 Å². The second kappa shape index (κ2) is 11.4. The zero-order valence-electron chi connectivity index (χ0n) is 23.0. The van der Waals surface area contributed by atoms with Crippen molar-refractivity contribution in [3.8, 4) is 0 Å². The van der Waals surface area contributed by atoms with Crippen molar-refractivity contribution in [3.05, 3.63) is 99.5 Å². The maximum absolute atomic E-state index is 14.6. The van der Waals surface area contributed by atoms with Crippen LogP contribution in [0.5, 0.6) is 0 Å². The zero-order chi connectivity index (χ0) is 29.5. The van der Waals surface area contributed by atoms with Gasteiger partial charge in [0, 0.05) is 22.0 Å². The van der Waals surface area contributed by atoms with E-state index in [1.54, 1.807) is 61.2 Å². The summed E-state index contributed by atoms with van der Waals surface area (Å²) in [5.74, 6) is -2.01. The number of aryl methyl sites for hydroxylation is 1. The Balaban J connectivity index is 1.69. The number of halogens is 2. The SMILES string of the molecule is Cc1ccccc1S(=O)(=O)CC(C1CC1)N1C(=O)C(C)(CC(=O)O)CC(c2cccc(Cl)c2)C1c1ccc(Cl)cc1. The van der Waals surface area contributed by atoms with Crippen LogP contribution in [0.2, 0.25) is 10.0 Å². The van der Waals surface area contributed by atoms with Crippen LogP contribution >= 0.6 is 23.2 Å². The summed E-state index contributed by atoms with van der Waals surface area (Å²) in [6.45, 7) is 3.45. The van der Waals surface area contributed by atoms with Gasteiger partial charge in [0.05, 0.1) is 28.5 Å². The highest BCUT2D eigenvalue weighted by Gasteiger charge is 2.55. The van der Waals surface area contributed by atoms with Gasteiger partial charge in [0.25, 0.3) is 0 Å². The van der Waals surface area contributed by atoms with Crippen molar-refractivity contribution in [1.29, 1.82) is 0 Å². The first-order valence-electron chi connectivity index (χ1n) is 13.7. The van der Waals surface area contributed by atoms with Crippen LogP contribution in [-0.4, -0.2) is 42.1 Å². The number of nitrogens with zero attached hydrogens (tertiary/aromatic N) is 1. The van der Waals surface area contributed by atoms with Crippen LogP contribution in [0.25, 0.3) is 0 Å². The maximum atomic E-state index is 14.6. The number of carbonyl (C=O) groups excluding carboxylic acids is 1. The van der Waals surface area contributed by atoms with Gasteiger partial charge in [0.15, 0.2) is 9.84 Å². The van der Waals surface area contributed by atoms with E-state index in [9.17, 15) is 23.1 Å². The van der Waals surface area contributed by atoms with Crippen LogP contribution in [0.1, 0.15) is 61.3 Å². The quantitative estimate of drug-likeness (QED) is 0.278. The molecule has 216 valence electrons. The molecule has 41 heavy (non-hydrogen) atoms. The van der Waals surface area contributed by atoms with E-state index in [0.29, 0.717) is 15.6 Å². The molecule has 6 nitrogen and oxygen atoms in total. The van der Waals surface area contributed by atoms with Crippen molar-refractivity contribution in [2.75, 3.05) is 5.75 Å². The molecule has 4 unspecified atom stereocenters. The first-order chi connectivity index (χ1) is 19.4. The van der Waals surface area contributed by atoms with E-state index in [-0.39, 0.29) is 41.2 Å². The molecule has 1 N–H and O–H groups in total. The number of benzene rings is 3. The van der Waals surface area contributed by atoms with E-state index in [0.717, 1.165) is 24.0 Å². The Bertz CT molecular complexity index is 1570. The van der Waals surface area contributed by atoms with E-state index in [2.05, 4.69) is 0 Å². The summed E-state index contributed by atoms with van der Waals surface area (Å²) in [6, 6.07) is 20.3. The van der Waals surface area contributed by atoms with Gasteiger partial charge in [-0.2, -0.15) is 0 Å². The molecule has 4 atom stereocenters. The highest BCUT2D eigenvalue weighted by atomic mass is 35.5. The van der Waals surface area contributed by atoms with Crippen LogP contribution in [0, 0.1) is 18.3 Å². The summed E-state index contributed by atoms with van der Waals surface area (Å²) < 4.78 is 27.8. The van der Waals surface area contributed by atoms with Gasteiger partial charge < -0.3 is 10.0 Å². The summed E-state index contributed by atoms with van der Waals surface area (Å²) >= 11 is 12.7. The van der Waals surface area contributed by atoms with Gasteiger partial charge in [-0.05, 0) is 79.1 Å². The molecule has 1 amide bonds. The number of likely N-dealkylation sites (tertiary alicyclic amines) is 1. The molecular weight excluding hydrogens is 581 g/mol. The topological polar surface area (TPSA) is 91.8 Å². The smallest absolute Gasteiger partial charge is 0.304 e. The lowest BCUT2D eigenvalue weighted by Crippen LogP contribution is -2.58. The minimum atomic E-state index is -3.78. The van der Waals surface area contributed by atoms with E-state index < -0.39 is 33.3 Å². The summed E-state index contributed by atoms with van der Waals surface area (Å²) in [6.07, 6.45) is 1.49. The Morgan fingerprint density at radius 2 is 1.68 bits per heavy atom. The van der Waals surface area contributed by atoms with E-state index >= 15 is 0 Å². The molecule has 0 radical (unpaired) electrons. The van der Waals surface area contributed by atoms with Crippen LogP contribution in [0.4, 0.5) is 0 Å². The van der Waals surface area contributed by atoms with Gasteiger partial charge in [-0.25, -0.2) is 8.42 Å². The number of rotatable bonds is 9. The molecule has 1 saturated heterocycles. The Labute approximate surface area is 251 Å². The average molecular weight is 615 g/mol. The van der Waals surface area contributed by atoms with Crippen molar-refractivity contribution in [2.45, 2.75) is 62.4 Å². The number of hydrogen-bond donors (Lipinski definition) is 1. The molecule has 5 rings (SSSR count). The Hall–Kier alpha value is -2.87. The second-order valence-electron chi connectivity index (χ2n) is 11.7. The fourth-order valence-corrected chi connectivity index (χ4v) is 8.62. The molecule has 1 aliphatic heterocycles. The molecule has 0 bridgehead atoms. The van der Waals surface area contributed by atoms with Gasteiger partial charge in [0.1, 0.15) is 0 Å².